The number of thioether (sulfide) groups is 2. The highest BCUT2D eigenvalue weighted by Crippen LogP contribution is 2.32. The first-order valence-electron chi connectivity index (χ1n) is 9.16. The van der Waals surface area contributed by atoms with Gasteiger partial charge in [-0.3, -0.25) is 4.79 Å². The van der Waals surface area contributed by atoms with E-state index in [1.54, 1.807) is 30.6 Å². The maximum Gasteiger partial charge on any atom is 0.302 e. The largest absolute Gasteiger partial charge is 0.496 e. The molecule has 0 saturated heterocycles. The van der Waals surface area contributed by atoms with E-state index in [9.17, 15) is 4.79 Å². The Hall–Kier alpha value is -1.83. The van der Waals surface area contributed by atoms with Crippen molar-refractivity contribution in [3.8, 4) is 11.5 Å². The van der Waals surface area contributed by atoms with E-state index in [-0.39, 0.29) is 18.1 Å². The van der Waals surface area contributed by atoms with Crippen LogP contribution in [0.5, 0.6) is 11.5 Å². The lowest BCUT2D eigenvalue weighted by molar-refractivity contribution is -0.145. The van der Waals surface area contributed by atoms with Gasteiger partial charge in [-0.15, -0.1) is 23.5 Å². The molecule has 0 amide bonds. The first kappa shape index (κ1) is 20.9. The molecule has 0 aliphatic carbocycles. The molecule has 1 heterocycles. The Labute approximate surface area is 174 Å². The fraction of sp³-hybridized carbons (Fsp3) is 0.381. The zero-order chi connectivity index (χ0) is 19.8. The van der Waals surface area contributed by atoms with E-state index < -0.39 is 0 Å². The van der Waals surface area contributed by atoms with Crippen LogP contribution in [0.15, 0.2) is 58.3 Å². The molecule has 0 aromatic heterocycles. The number of rotatable bonds is 8. The van der Waals surface area contributed by atoms with Gasteiger partial charge >= 0.3 is 5.97 Å². The van der Waals surface area contributed by atoms with Crippen LogP contribution in [0.3, 0.4) is 0 Å². The molecule has 3 rings (SSSR count). The zero-order valence-corrected chi connectivity index (χ0v) is 17.7. The molecule has 150 valence electrons. The Morgan fingerprint density at radius 1 is 1.29 bits per heavy atom. The first-order chi connectivity index (χ1) is 13.7. The lowest BCUT2D eigenvalue weighted by Crippen LogP contribution is -2.42. The molecular weight excluding hydrogens is 394 g/mol. The second kappa shape index (κ2) is 10.6. The lowest BCUT2D eigenvalue weighted by atomic mass is 10.3. The molecule has 1 aliphatic heterocycles. The summed E-state index contributed by atoms with van der Waals surface area (Å²) in [4.78, 5) is 13.7. The molecule has 28 heavy (non-hydrogen) atoms. The van der Waals surface area contributed by atoms with Gasteiger partial charge in [0.2, 0.25) is 0 Å². The molecule has 0 unspecified atom stereocenters. The molecule has 2 aromatic carbocycles. The molecule has 2 atom stereocenters. The molecule has 0 saturated carbocycles. The summed E-state index contributed by atoms with van der Waals surface area (Å²) in [6.45, 7) is 2.62. The second-order valence-corrected chi connectivity index (χ2v) is 8.49. The summed E-state index contributed by atoms with van der Waals surface area (Å²) < 4.78 is 16.8. The fourth-order valence-electron chi connectivity index (χ4n) is 2.82. The summed E-state index contributed by atoms with van der Waals surface area (Å²) in [6.07, 6.45) is -0.233. The van der Waals surface area contributed by atoms with Crippen LogP contribution in [0.2, 0.25) is 0 Å². The number of ether oxygens (including phenoxy) is 3. The minimum Gasteiger partial charge on any atom is -0.496 e. The van der Waals surface area contributed by atoms with Crippen LogP contribution < -0.4 is 14.8 Å². The zero-order valence-electron chi connectivity index (χ0n) is 16.1. The number of methoxy groups -OCH3 is 1. The molecule has 5 nitrogen and oxygen atoms in total. The van der Waals surface area contributed by atoms with Crippen molar-refractivity contribution in [2.75, 3.05) is 31.8 Å². The van der Waals surface area contributed by atoms with Crippen molar-refractivity contribution in [1.82, 2.24) is 5.32 Å². The number of carbonyl (C=O) groups excluding carboxylic acids is 1. The molecule has 7 heteroatoms. The Kier molecular flexibility index (Phi) is 7.94. The number of para-hydroxylation sites is 2. The maximum absolute atomic E-state index is 11.5. The smallest absolute Gasteiger partial charge is 0.302 e. The summed E-state index contributed by atoms with van der Waals surface area (Å²) in [6, 6.07) is 16.1. The predicted molar refractivity (Wildman–Crippen MR) is 114 cm³/mol. The molecule has 0 bridgehead atoms. The van der Waals surface area contributed by atoms with Crippen molar-refractivity contribution < 1.29 is 19.0 Å². The topological polar surface area (TPSA) is 56.8 Å². The Morgan fingerprint density at radius 3 is 2.89 bits per heavy atom. The van der Waals surface area contributed by atoms with Gasteiger partial charge in [0, 0.05) is 34.8 Å². The van der Waals surface area contributed by atoms with Crippen molar-refractivity contribution in [2.45, 2.75) is 28.9 Å². The number of fused-ring (bicyclic) bond motifs is 1. The van der Waals surface area contributed by atoms with Gasteiger partial charge < -0.3 is 19.5 Å². The van der Waals surface area contributed by atoms with Gasteiger partial charge in [0.1, 0.15) is 24.2 Å². The van der Waals surface area contributed by atoms with Gasteiger partial charge in [0.05, 0.1) is 13.2 Å². The van der Waals surface area contributed by atoms with Crippen LogP contribution >= 0.6 is 23.5 Å². The minimum absolute atomic E-state index is 0.187. The van der Waals surface area contributed by atoms with E-state index >= 15 is 0 Å². The molecular formula is C21H25NO4S2. The van der Waals surface area contributed by atoms with E-state index in [0.29, 0.717) is 18.9 Å². The van der Waals surface area contributed by atoms with Crippen molar-refractivity contribution in [1.29, 1.82) is 0 Å². The lowest BCUT2D eigenvalue weighted by Gasteiger charge is -2.21. The van der Waals surface area contributed by atoms with Crippen molar-refractivity contribution in [3.63, 3.8) is 0 Å². The van der Waals surface area contributed by atoms with E-state index in [0.717, 1.165) is 27.0 Å². The van der Waals surface area contributed by atoms with Crippen LogP contribution in [0, 0.1) is 0 Å². The molecule has 2 aromatic rings. The van der Waals surface area contributed by atoms with Crippen LogP contribution in [0.25, 0.3) is 0 Å². The number of nitrogens with one attached hydrogen (secondary N) is 1. The average molecular weight is 420 g/mol. The Morgan fingerprint density at radius 2 is 2.07 bits per heavy atom. The third-order valence-corrected chi connectivity index (χ3v) is 6.59. The SMILES string of the molecule is COc1ccccc1SC[C@H](CN[C@@H]1COc2ccccc2SC1)OC(C)=O. The standard InChI is InChI=1S/C21H25NO4S2/c1-15(23)26-17(14-28-20-9-5-3-7-18(20)24-2)11-22-16-12-25-19-8-4-6-10-21(19)27-13-16/h3-10,16-17,22H,11-14H2,1-2H3/t16-,17+/m1/s1. The van der Waals surface area contributed by atoms with Gasteiger partial charge in [-0.25, -0.2) is 0 Å². The molecule has 0 radical (unpaired) electrons. The van der Waals surface area contributed by atoms with Crippen molar-refractivity contribution in [3.05, 3.63) is 48.5 Å². The number of benzene rings is 2. The number of hydrogen-bond acceptors (Lipinski definition) is 7. The van der Waals surface area contributed by atoms with E-state index in [1.807, 2.05) is 42.5 Å². The fourth-order valence-corrected chi connectivity index (χ4v) is 4.88. The first-order valence-corrected chi connectivity index (χ1v) is 11.1. The van der Waals surface area contributed by atoms with Crippen LogP contribution in [0.1, 0.15) is 6.92 Å². The summed E-state index contributed by atoms with van der Waals surface area (Å²) in [7, 11) is 1.66. The third-order valence-electron chi connectivity index (χ3n) is 4.19. The van der Waals surface area contributed by atoms with Crippen LogP contribution in [-0.4, -0.2) is 49.9 Å². The highest BCUT2D eigenvalue weighted by atomic mass is 32.2. The monoisotopic (exact) mass is 419 g/mol. The van der Waals surface area contributed by atoms with Gasteiger partial charge in [0.15, 0.2) is 0 Å². The minimum atomic E-state index is -0.272. The van der Waals surface area contributed by atoms with E-state index in [4.69, 9.17) is 14.2 Å². The normalized spacial score (nSPS) is 17.0. The van der Waals surface area contributed by atoms with Gasteiger partial charge in [-0.2, -0.15) is 0 Å². The molecule has 1 N–H and O–H groups in total. The van der Waals surface area contributed by atoms with Crippen LogP contribution in [-0.2, 0) is 9.53 Å². The molecule has 0 fully saturated rings. The van der Waals surface area contributed by atoms with Gasteiger partial charge in [-0.1, -0.05) is 24.3 Å². The number of carbonyl (C=O) groups is 1. The highest BCUT2D eigenvalue weighted by molar-refractivity contribution is 7.99. The summed E-state index contributed by atoms with van der Waals surface area (Å²) in [5.41, 5.74) is 0. The van der Waals surface area contributed by atoms with Crippen molar-refractivity contribution in [2.24, 2.45) is 0 Å². The maximum atomic E-state index is 11.5. The summed E-state index contributed by atoms with van der Waals surface area (Å²) in [5, 5.41) is 3.50. The van der Waals surface area contributed by atoms with Crippen LogP contribution in [0.4, 0.5) is 0 Å². The van der Waals surface area contributed by atoms with Gasteiger partial charge in [0.25, 0.3) is 0 Å². The van der Waals surface area contributed by atoms with E-state index in [1.165, 1.54) is 6.92 Å². The predicted octanol–water partition coefficient (Wildman–Crippen LogP) is 3.86. The summed E-state index contributed by atoms with van der Waals surface area (Å²) in [5.74, 6) is 3.04. The Bertz CT molecular complexity index is 760. The third kappa shape index (κ3) is 6.09. The second-order valence-electron chi connectivity index (χ2n) is 6.37. The average Bonchev–Trinajstić information content (AvgIpc) is 2.92. The van der Waals surface area contributed by atoms with E-state index in [2.05, 4.69) is 11.4 Å². The Balaban J connectivity index is 1.53. The quantitative estimate of drug-likeness (QED) is 0.515. The number of hydrogen-bond donors (Lipinski definition) is 1. The number of esters is 1. The highest BCUT2D eigenvalue weighted by Gasteiger charge is 2.20. The molecule has 1 aliphatic rings. The van der Waals surface area contributed by atoms with Gasteiger partial charge in [-0.05, 0) is 24.3 Å². The molecule has 0 spiro atoms. The van der Waals surface area contributed by atoms with Crippen molar-refractivity contribution >= 4 is 29.5 Å². The summed E-state index contributed by atoms with van der Waals surface area (Å²) >= 11 is 3.40.